The number of amides is 1. The molecule has 2 rings (SSSR count). The zero-order valence-corrected chi connectivity index (χ0v) is 12.2. The van der Waals surface area contributed by atoms with Crippen molar-refractivity contribution >= 4 is 17.5 Å². The zero-order valence-electron chi connectivity index (χ0n) is 11.4. The fraction of sp³-hybridized carbons (Fsp3) is 0.533. The minimum atomic E-state index is 0.0413. The predicted octanol–water partition coefficient (Wildman–Crippen LogP) is 3.51. The van der Waals surface area contributed by atoms with Crippen LogP contribution in [0.3, 0.4) is 0 Å². The van der Waals surface area contributed by atoms with Gasteiger partial charge in [-0.3, -0.25) is 4.79 Å². The molecule has 1 aliphatic rings. The van der Waals surface area contributed by atoms with Crippen molar-refractivity contribution in [3.8, 4) is 5.75 Å². The van der Waals surface area contributed by atoms with Crippen LogP contribution >= 0.6 is 11.6 Å². The summed E-state index contributed by atoms with van der Waals surface area (Å²) in [6, 6.07) is 7.81. The van der Waals surface area contributed by atoms with E-state index in [9.17, 15) is 4.79 Å². The Morgan fingerprint density at radius 3 is 2.58 bits per heavy atom. The molecule has 2 unspecified atom stereocenters. The lowest BCUT2D eigenvalue weighted by atomic mass is 9.97. The first-order valence-electron chi connectivity index (χ1n) is 6.78. The van der Waals surface area contributed by atoms with Gasteiger partial charge in [-0.15, -0.1) is 0 Å². The number of hydrogen-bond donors (Lipinski definition) is 0. The molecule has 3 nitrogen and oxygen atoms in total. The molecule has 1 heterocycles. The Hall–Kier alpha value is -1.22. The summed E-state index contributed by atoms with van der Waals surface area (Å²) in [5.74, 6) is 0.606. The van der Waals surface area contributed by atoms with E-state index in [2.05, 4.69) is 13.8 Å². The molecule has 1 amide bonds. The van der Waals surface area contributed by atoms with E-state index in [1.807, 2.05) is 17.0 Å². The lowest BCUT2D eigenvalue weighted by Gasteiger charge is -2.39. The molecule has 0 spiro atoms. The monoisotopic (exact) mass is 281 g/mol. The van der Waals surface area contributed by atoms with Crippen molar-refractivity contribution in [2.24, 2.45) is 0 Å². The molecule has 2 atom stereocenters. The Morgan fingerprint density at radius 1 is 1.32 bits per heavy atom. The average molecular weight is 282 g/mol. The fourth-order valence-electron chi connectivity index (χ4n) is 2.69. The number of para-hydroxylation sites is 1. The van der Waals surface area contributed by atoms with Crippen LogP contribution in [0.25, 0.3) is 0 Å². The van der Waals surface area contributed by atoms with Gasteiger partial charge in [0, 0.05) is 12.1 Å². The van der Waals surface area contributed by atoms with Crippen molar-refractivity contribution in [2.75, 3.05) is 6.61 Å². The van der Waals surface area contributed by atoms with Crippen LogP contribution in [-0.2, 0) is 4.79 Å². The lowest BCUT2D eigenvalue weighted by Crippen LogP contribution is -2.49. The van der Waals surface area contributed by atoms with Crippen molar-refractivity contribution in [1.82, 2.24) is 4.90 Å². The van der Waals surface area contributed by atoms with Gasteiger partial charge in [0.2, 0.25) is 0 Å². The third-order valence-electron chi connectivity index (χ3n) is 3.67. The van der Waals surface area contributed by atoms with Crippen LogP contribution in [-0.4, -0.2) is 29.5 Å². The Labute approximate surface area is 119 Å². The summed E-state index contributed by atoms with van der Waals surface area (Å²) in [6.45, 7) is 4.25. The molecule has 4 heteroatoms. The molecular formula is C15H20ClNO2. The van der Waals surface area contributed by atoms with Gasteiger partial charge in [0.1, 0.15) is 5.75 Å². The number of likely N-dealkylation sites (tertiary alicyclic amines) is 1. The summed E-state index contributed by atoms with van der Waals surface area (Å²) in [7, 11) is 0. The Morgan fingerprint density at radius 2 is 1.95 bits per heavy atom. The molecular weight excluding hydrogens is 262 g/mol. The van der Waals surface area contributed by atoms with E-state index < -0.39 is 0 Å². The van der Waals surface area contributed by atoms with Gasteiger partial charge in [0.05, 0.1) is 5.02 Å². The van der Waals surface area contributed by atoms with E-state index in [4.69, 9.17) is 16.3 Å². The Balaban J connectivity index is 1.95. The Bertz CT molecular complexity index is 440. The molecule has 104 valence electrons. The van der Waals surface area contributed by atoms with Gasteiger partial charge in [-0.2, -0.15) is 0 Å². The van der Waals surface area contributed by atoms with Crippen LogP contribution in [0.15, 0.2) is 24.3 Å². The molecule has 1 saturated heterocycles. The van der Waals surface area contributed by atoms with Gasteiger partial charge >= 0.3 is 0 Å². The maximum atomic E-state index is 12.3. The highest BCUT2D eigenvalue weighted by molar-refractivity contribution is 6.32. The first-order chi connectivity index (χ1) is 9.09. The van der Waals surface area contributed by atoms with Crippen LogP contribution in [0.2, 0.25) is 5.02 Å². The first kappa shape index (κ1) is 14.2. The molecule has 0 saturated carbocycles. The number of rotatable bonds is 3. The average Bonchev–Trinajstić information content (AvgIpc) is 2.37. The largest absolute Gasteiger partial charge is 0.482 e. The van der Waals surface area contributed by atoms with Crippen molar-refractivity contribution in [3.63, 3.8) is 0 Å². The van der Waals surface area contributed by atoms with Crippen LogP contribution < -0.4 is 4.74 Å². The smallest absolute Gasteiger partial charge is 0.260 e. The summed E-state index contributed by atoms with van der Waals surface area (Å²) in [5.41, 5.74) is 0. The van der Waals surface area contributed by atoms with Crippen LogP contribution in [0.4, 0.5) is 0 Å². The Kier molecular flexibility index (Phi) is 4.70. The van der Waals surface area contributed by atoms with E-state index in [1.165, 1.54) is 6.42 Å². The quantitative estimate of drug-likeness (QED) is 0.848. The van der Waals surface area contributed by atoms with E-state index in [-0.39, 0.29) is 12.5 Å². The standard InChI is InChI=1S/C15H20ClNO2/c1-11-6-5-7-12(2)17(11)15(18)10-19-14-9-4-3-8-13(14)16/h3-4,8-9,11-12H,5-7,10H2,1-2H3. The summed E-state index contributed by atoms with van der Waals surface area (Å²) in [6.07, 6.45) is 3.34. The lowest BCUT2D eigenvalue weighted by molar-refractivity contribution is -0.139. The summed E-state index contributed by atoms with van der Waals surface area (Å²) in [5, 5.41) is 0.537. The second-order valence-corrected chi connectivity index (χ2v) is 5.56. The normalized spacial score (nSPS) is 23.2. The number of hydrogen-bond acceptors (Lipinski definition) is 2. The maximum absolute atomic E-state index is 12.3. The highest BCUT2D eigenvalue weighted by Crippen LogP contribution is 2.25. The van der Waals surface area contributed by atoms with E-state index >= 15 is 0 Å². The summed E-state index contributed by atoms with van der Waals surface area (Å²) >= 11 is 6.00. The van der Waals surface area contributed by atoms with Gasteiger partial charge in [-0.05, 0) is 45.2 Å². The third kappa shape index (κ3) is 3.41. The van der Waals surface area contributed by atoms with Gasteiger partial charge in [0.15, 0.2) is 6.61 Å². The zero-order chi connectivity index (χ0) is 13.8. The fourth-order valence-corrected chi connectivity index (χ4v) is 2.88. The van der Waals surface area contributed by atoms with Crippen LogP contribution in [0.1, 0.15) is 33.1 Å². The van der Waals surface area contributed by atoms with Crippen molar-refractivity contribution in [2.45, 2.75) is 45.2 Å². The van der Waals surface area contributed by atoms with Gasteiger partial charge in [-0.25, -0.2) is 0 Å². The molecule has 19 heavy (non-hydrogen) atoms. The molecule has 0 radical (unpaired) electrons. The number of halogens is 1. The number of benzene rings is 1. The number of ether oxygens (including phenoxy) is 1. The van der Waals surface area contributed by atoms with E-state index in [0.29, 0.717) is 22.9 Å². The number of piperidine rings is 1. The highest BCUT2D eigenvalue weighted by Gasteiger charge is 2.28. The van der Waals surface area contributed by atoms with Crippen LogP contribution in [0.5, 0.6) is 5.75 Å². The summed E-state index contributed by atoms with van der Waals surface area (Å²) < 4.78 is 5.53. The van der Waals surface area contributed by atoms with Gasteiger partial charge in [-0.1, -0.05) is 23.7 Å². The number of carbonyl (C=O) groups excluding carboxylic acids is 1. The topological polar surface area (TPSA) is 29.5 Å². The molecule has 0 aliphatic carbocycles. The van der Waals surface area contributed by atoms with E-state index in [1.54, 1.807) is 12.1 Å². The van der Waals surface area contributed by atoms with Crippen molar-refractivity contribution in [3.05, 3.63) is 29.3 Å². The molecule has 1 aliphatic heterocycles. The highest BCUT2D eigenvalue weighted by atomic mass is 35.5. The molecule has 1 fully saturated rings. The van der Waals surface area contributed by atoms with Gasteiger partial charge < -0.3 is 9.64 Å². The maximum Gasteiger partial charge on any atom is 0.260 e. The van der Waals surface area contributed by atoms with E-state index in [0.717, 1.165) is 12.8 Å². The molecule has 1 aromatic rings. The molecule has 0 bridgehead atoms. The predicted molar refractivity (Wildman–Crippen MR) is 76.6 cm³/mol. The molecule has 0 N–H and O–H groups in total. The second kappa shape index (κ2) is 6.29. The van der Waals surface area contributed by atoms with Crippen LogP contribution in [0, 0.1) is 0 Å². The number of nitrogens with zero attached hydrogens (tertiary/aromatic N) is 1. The van der Waals surface area contributed by atoms with Crippen molar-refractivity contribution in [1.29, 1.82) is 0 Å². The molecule has 0 aromatic heterocycles. The van der Waals surface area contributed by atoms with Gasteiger partial charge in [0.25, 0.3) is 5.91 Å². The third-order valence-corrected chi connectivity index (χ3v) is 3.98. The minimum Gasteiger partial charge on any atom is -0.482 e. The first-order valence-corrected chi connectivity index (χ1v) is 7.16. The van der Waals surface area contributed by atoms with Crippen molar-refractivity contribution < 1.29 is 9.53 Å². The number of carbonyl (C=O) groups is 1. The second-order valence-electron chi connectivity index (χ2n) is 5.15. The SMILES string of the molecule is CC1CCCC(C)N1C(=O)COc1ccccc1Cl. The molecule has 1 aromatic carbocycles. The minimum absolute atomic E-state index is 0.0413. The summed E-state index contributed by atoms with van der Waals surface area (Å²) in [4.78, 5) is 14.2.